The molecule has 132 valence electrons. The van der Waals surface area contributed by atoms with Gasteiger partial charge in [0.15, 0.2) is 5.65 Å². The van der Waals surface area contributed by atoms with Gasteiger partial charge >= 0.3 is 0 Å². The van der Waals surface area contributed by atoms with Crippen molar-refractivity contribution in [2.24, 2.45) is 0 Å². The zero-order valence-corrected chi connectivity index (χ0v) is 15.0. The second kappa shape index (κ2) is 5.32. The smallest absolute Gasteiger partial charge is 0.223 e. The average Bonchev–Trinajstić information content (AvgIpc) is 2.76. The molecule has 0 saturated carbocycles. The summed E-state index contributed by atoms with van der Waals surface area (Å²) in [7, 11) is 0. The molecule has 0 unspecified atom stereocenters. The van der Waals surface area contributed by atoms with Gasteiger partial charge in [0.1, 0.15) is 17.1 Å². The summed E-state index contributed by atoms with van der Waals surface area (Å²) in [5.41, 5.74) is 4.23. The molecule has 0 aliphatic rings. The Labute approximate surface area is 149 Å². The van der Waals surface area contributed by atoms with Crippen molar-refractivity contribution in [1.82, 2.24) is 19.5 Å². The van der Waals surface area contributed by atoms with Crippen molar-refractivity contribution in [2.45, 2.75) is 27.7 Å². The van der Waals surface area contributed by atoms with Gasteiger partial charge in [-0.15, -0.1) is 0 Å². The van der Waals surface area contributed by atoms with Crippen molar-refractivity contribution >= 4 is 21.9 Å². The van der Waals surface area contributed by atoms with Gasteiger partial charge in [-0.2, -0.15) is 0 Å². The van der Waals surface area contributed by atoms with Gasteiger partial charge in [-0.1, -0.05) is 6.07 Å². The molecular formula is C19H19N5O2. The van der Waals surface area contributed by atoms with E-state index in [1.54, 1.807) is 30.5 Å². The van der Waals surface area contributed by atoms with E-state index < -0.39 is 0 Å². The zero-order chi connectivity index (χ0) is 18.7. The van der Waals surface area contributed by atoms with Crippen molar-refractivity contribution in [3.63, 3.8) is 0 Å². The number of aromatic amines is 1. The van der Waals surface area contributed by atoms with Gasteiger partial charge in [0, 0.05) is 11.3 Å². The van der Waals surface area contributed by atoms with Crippen LogP contribution in [0, 0.1) is 33.1 Å². The minimum absolute atomic E-state index is 0.0777. The Morgan fingerprint density at radius 3 is 2.50 bits per heavy atom. The van der Waals surface area contributed by atoms with Crippen molar-refractivity contribution in [1.29, 1.82) is 5.41 Å². The Kier molecular flexibility index (Phi) is 3.30. The Hall–Kier alpha value is -3.35. The topological polar surface area (TPSA) is 111 Å². The standard InChI is InChI=1S/C19H19N5O2/c1-8-5-6-13(25)10(3)16(8)24-17(20)15-14-12(7-9(2)21-19(15)26)22-11(4)23-18(14)24/h5-7,20,25-26H,1-4H3,(H,22,23). The molecular weight excluding hydrogens is 330 g/mol. The quantitative estimate of drug-likeness (QED) is 0.423. The number of aromatic hydroxyl groups is 2. The maximum absolute atomic E-state index is 10.5. The van der Waals surface area contributed by atoms with Crippen LogP contribution in [0.4, 0.5) is 0 Å². The van der Waals surface area contributed by atoms with E-state index in [0.29, 0.717) is 39.2 Å². The molecule has 0 bridgehead atoms. The van der Waals surface area contributed by atoms with Gasteiger partial charge in [-0.05, 0) is 45.4 Å². The highest BCUT2D eigenvalue weighted by molar-refractivity contribution is 6.08. The number of hydrogen-bond acceptors (Lipinski definition) is 5. The summed E-state index contributed by atoms with van der Waals surface area (Å²) in [5, 5.41) is 30.4. The fourth-order valence-corrected chi connectivity index (χ4v) is 3.54. The molecule has 4 rings (SSSR count). The molecule has 0 aliphatic carbocycles. The first-order valence-corrected chi connectivity index (χ1v) is 8.25. The lowest BCUT2D eigenvalue weighted by Gasteiger charge is -2.13. The van der Waals surface area contributed by atoms with Crippen LogP contribution in [0.25, 0.3) is 27.6 Å². The van der Waals surface area contributed by atoms with E-state index in [2.05, 4.69) is 15.0 Å². The van der Waals surface area contributed by atoms with Gasteiger partial charge < -0.3 is 15.2 Å². The maximum Gasteiger partial charge on any atom is 0.223 e. The van der Waals surface area contributed by atoms with Crippen LogP contribution < -0.4 is 5.49 Å². The zero-order valence-electron chi connectivity index (χ0n) is 15.0. The molecule has 0 fully saturated rings. The average molecular weight is 349 g/mol. The Balaban J connectivity index is 2.34. The van der Waals surface area contributed by atoms with Gasteiger partial charge in [-0.25, -0.2) is 9.97 Å². The predicted octanol–water partition coefficient (Wildman–Crippen LogP) is 3.03. The molecule has 26 heavy (non-hydrogen) atoms. The van der Waals surface area contributed by atoms with Gasteiger partial charge in [0.25, 0.3) is 0 Å². The number of phenolic OH excluding ortho intramolecular Hbond substituents is 1. The third-order valence-corrected chi connectivity index (χ3v) is 4.69. The summed E-state index contributed by atoms with van der Waals surface area (Å²) >= 11 is 0. The summed E-state index contributed by atoms with van der Waals surface area (Å²) in [6.45, 7) is 7.35. The van der Waals surface area contributed by atoms with Crippen LogP contribution in [-0.2, 0) is 0 Å². The fraction of sp³-hybridized carbons (Fsp3) is 0.211. The molecule has 0 atom stereocenters. The van der Waals surface area contributed by atoms with E-state index in [0.717, 1.165) is 11.1 Å². The van der Waals surface area contributed by atoms with Crippen molar-refractivity contribution in [2.75, 3.05) is 0 Å². The number of aryl methyl sites for hydroxylation is 3. The van der Waals surface area contributed by atoms with Crippen LogP contribution in [0.1, 0.15) is 22.6 Å². The molecule has 0 radical (unpaired) electrons. The molecule has 3 aromatic heterocycles. The Morgan fingerprint density at radius 2 is 1.77 bits per heavy atom. The highest BCUT2D eigenvalue weighted by Gasteiger charge is 2.21. The third-order valence-electron chi connectivity index (χ3n) is 4.69. The summed E-state index contributed by atoms with van der Waals surface area (Å²) in [6, 6.07) is 5.27. The van der Waals surface area contributed by atoms with Crippen molar-refractivity contribution < 1.29 is 10.2 Å². The highest BCUT2D eigenvalue weighted by Crippen LogP contribution is 2.33. The first-order valence-electron chi connectivity index (χ1n) is 8.25. The summed E-state index contributed by atoms with van der Waals surface area (Å²) in [5.74, 6) is 0.619. The molecule has 4 N–H and O–H groups in total. The normalized spacial score (nSPS) is 11.5. The SMILES string of the molecule is Cc1cc2[nH]c(C)nc3c2c(c(O)n1)c(=N)n3-c1c(C)ccc(O)c1C. The number of nitrogens with zero attached hydrogens (tertiary/aromatic N) is 3. The first-order chi connectivity index (χ1) is 12.3. The molecule has 7 heteroatoms. The lowest BCUT2D eigenvalue weighted by molar-refractivity contribution is 0.459. The van der Waals surface area contributed by atoms with E-state index in [4.69, 9.17) is 5.41 Å². The molecule has 4 aromatic rings. The van der Waals surface area contributed by atoms with E-state index in [-0.39, 0.29) is 17.1 Å². The number of phenols is 1. The van der Waals surface area contributed by atoms with E-state index in [1.165, 1.54) is 0 Å². The number of nitrogens with one attached hydrogen (secondary N) is 2. The fourth-order valence-electron chi connectivity index (χ4n) is 3.54. The number of aromatic nitrogens is 4. The molecule has 7 nitrogen and oxygen atoms in total. The molecule has 0 amide bonds. The van der Waals surface area contributed by atoms with Crippen LogP contribution in [0.2, 0.25) is 0 Å². The van der Waals surface area contributed by atoms with Crippen LogP contribution >= 0.6 is 0 Å². The third kappa shape index (κ3) is 2.10. The lowest BCUT2D eigenvalue weighted by Crippen LogP contribution is -2.16. The van der Waals surface area contributed by atoms with E-state index >= 15 is 0 Å². The van der Waals surface area contributed by atoms with E-state index in [1.807, 2.05) is 19.9 Å². The van der Waals surface area contributed by atoms with Gasteiger partial charge in [0.05, 0.1) is 22.0 Å². The van der Waals surface area contributed by atoms with E-state index in [9.17, 15) is 10.2 Å². The van der Waals surface area contributed by atoms with Crippen LogP contribution in [0.5, 0.6) is 11.6 Å². The van der Waals surface area contributed by atoms with Crippen LogP contribution in [0.3, 0.4) is 0 Å². The minimum Gasteiger partial charge on any atom is -0.508 e. The van der Waals surface area contributed by atoms with Crippen LogP contribution in [0.15, 0.2) is 18.2 Å². The molecule has 0 spiro atoms. The second-order valence-electron chi connectivity index (χ2n) is 6.59. The van der Waals surface area contributed by atoms with Crippen molar-refractivity contribution in [3.8, 4) is 17.3 Å². The molecule has 0 aliphatic heterocycles. The van der Waals surface area contributed by atoms with Gasteiger partial charge in [0.2, 0.25) is 5.88 Å². The predicted molar refractivity (Wildman–Crippen MR) is 98.9 cm³/mol. The minimum atomic E-state index is -0.208. The Bertz CT molecular complexity index is 1270. The summed E-state index contributed by atoms with van der Waals surface area (Å²) in [4.78, 5) is 12.0. The van der Waals surface area contributed by atoms with Crippen molar-refractivity contribution in [3.05, 3.63) is 46.3 Å². The highest BCUT2D eigenvalue weighted by atomic mass is 16.3. The first kappa shape index (κ1) is 16.1. The number of H-pyrrole nitrogens is 1. The molecule has 3 heterocycles. The van der Waals surface area contributed by atoms with Crippen LogP contribution in [-0.4, -0.2) is 29.7 Å². The van der Waals surface area contributed by atoms with Gasteiger partial charge in [-0.3, -0.25) is 9.98 Å². The summed E-state index contributed by atoms with van der Waals surface area (Å²) < 4.78 is 1.67. The number of rotatable bonds is 1. The largest absolute Gasteiger partial charge is 0.508 e. The maximum atomic E-state index is 10.5. The molecule has 1 aromatic carbocycles. The Morgan fingerprint density at radius 1 is 1.04 bits per heavy atom. The second-order valence-corrected chi connectivity index (χ2v) is 6.59. The number of hydrogen-bond donors (Lipinski definition) is 4. The summed E-state index contributed by atoms with van der Waals surface area (Å²) in [6.07, 6.45) is 0. The molecule has 0 saturated heterocycles. The lowest BCUT2D eigenvalue weighted by atomic mass is 10.1. The number of benzene rings is 1. The monoisotopic (exact) mass is 349 g/mol.